The molecule has 4 rings (SSSR count). The van der Waals surface area contributed by atoms with Crippen LogP contribution >= 0.6 is 0 Å². The Balaban J connectivity index is 1.77. The minimum atomic E-state index is -4.94. The molecule has 170 valence electrons. The maximum absolute atomic E-state index is 13.5. The van der Waals surface area contributed by atoms with Crippen molar-refractivity contribution >= 4 is 17.1 Å². The summed E-state index contributed by atoms with van der Waals surface area (Å²) < 4.78 is 86.5. The summed E-state index contributed by atoms with van der Waals surface area (Å²) in [6.07, 6.45) is -4.38. The van der Waals surface area contributed by atoms with Gasteiger partial charge in [-0.1, -0.05) is 25.1 Å². The van der Waals surface area contributed by atoms with E-state index in [0.717, 1.165) is 18.9 Å². The largest absolute Gasteiger partial charge is 0.417 e. The van der Waals surface area contributed by atoms with Crippen LogP contribution in [0.2, 0.25) is 0 Å². The number of aromatic nitrogens is 2. The Morgan fingerprint density at radius 3 is 2.19 bits per heavy atom. The van der Waals surface area contributed by atoms with Crippen LogP contribution in [0.1, 0.15) is 36.7 Å². The van der Waals surface area contributed by atoms with Crippen LogP contribution in [-0.2, 0) is 17.1 Å². The molecule has 3 nitrogen and oxygen atoms in total. The summed E-state index contributed by atoms with van der Waals surface area (Å²) in [5, 5.41) is 0. The van der Waals surface area contributed by atoms with Crippen LogP contribution in [0.15, 0.2) is 42.5 Å². The van der Waals surface area contributed by atoms with Crippen molar-refractivity contribution in [3.05, 3.63) is 59.4 Å². The fraction of sp³-hybridized carbons (Fsp3) is 0.348. The van der Waals surface area contributed by atoms with Gasteiger partial charge in [0.2, 0.25) is 0 Å². The maximum atomic E-state index is 13.5. The smallest absolute Gasteiger partial charge is 0.381 e. The highest BCUT2D eigenvalue weighted by Crippen LogP contribution is 2.44. The van der Waals surface area contributed by atoms with Crippen molar-refractivity contribution in [3.63, 3.8) is 0 Å². The van der Waals surface area contributed by atoms with Gasteiger partial charge in [0.15, 0.2) is 0 Å². The van der Waals surface area contributed by atoms with Crippen molar-refractivity contribution in [2.75, 3.05) is 13.2 Å². The van der Waals surface area contributed by atoms with Crippen molar-refractivity contribution in [3.8, 4) is 11.1 Å². The number of imidazole rings is 1. The van der Waals surface area contributed by atoms with Gasteiger partial charge in [-0.15, -0.1) is 0 Å². The number of aromatic amines is 1. The molecule has 1 aliphatic rings. The quantitative estimate of drug-likeness (QED) is 0.429. The highest BCUT2D eigenvalue weighted by Gasteiger charge is 2.41. The number of fused-ring (bicyclic) bond motifs is 1. The van der Waals surface area contributed by atoms with Crippen molar-refractivity contribution in [2.24, 2.45) is 5.41 Å². The number of nitrogens with zero attached hydrogens (tertiary/aromatic N) is 1. The van der Waals surface area contributed by atoms with Gasteiger partial charge in [-0.3, -0.25) is 0 Å². The molecule has 1 aromatic heterocycles. The molecule has 32 heavy (non-hydrogen) atoms. The molecule has 1 aliphatic heterocycles. The van der Waals surface area contributed by atoms with Gasteiger partial charge in [-0.2, -0.15) is 26.3 Å². The van der Waals surface area contributed by atoms with E-state index in [1.807, 2.05) is 6.08 Å². The average molecular weight is 454 g/mol. The van der Waals surface area contributed by atoms with E-state index in [9.17, 15) is 26.3 Å². The predicted octanol–water partition coefficient (Wildman–Crippen LogP) is 7.10. The van der Waals surface area contributed by atoms with E-state index in [4.69, 9.17) is 4.74 Å². The SMILES string of the molecule is CC1(C=Cc2nc3ccc(-c4c(C(F)(F)F)cccc4C(F)(F)F)cc3[nH]2)CCOCC1. The average Bonchev–Trinajstić information content (AvgIpc) is 3.13. The zero-order chi connectivity index (χ0) is 23.1. The summed E-state index contributed by atoms with van der Waals surface area (Å²) in [6.45, 7) is 3.41. The highest BCUT2D eigenvalue weighted by molar-refractivity contribution is 5.85. The van der Waals surface area contributed by atoms with Gasteiger partial charge in [0.05, 0.1) is 22.2 Å². The Kier molecular flexibility index (Phi) is 5.56. The Morgan fingerprint density at radius 2 is 1.59 bits per heavy atom. The number of allylic oxidation sites excluding steroid dienone is 1. The first-order chi connectivity index (χ1) is 15.0. The van der Waals surface area contributed by atoms with Crippen molar-refractivity contribution in [1.82, 2.24) is 9.97 Å². The Hall–Kier alpha value is -2.81. The van der Waals surface area contributed by atoms with Crippen LogP contribution in [0, 0.1) is 5.41 Å². The zero-order valence-corrected chi connectivity index (χ0v) is 17.1. The first-order valence-electron chi connectivity index (χ1n) is 10.0. The molecule has 0 unspecified atom stereocenters. The lowest BCUT2D eigenvalue weighted by atomic mass is 9.82. The number of rotatable bonds is 3. The molecule has 0 aliphatic carbocycles. The van der Waals surface area contributed by atoms with Gasteiger partial charge in [-0.25, -0.2) is 4.98 Å². The van der Waals surface area contributed by atoms with E-state index in [-0.39, 0.29) is 11.0 Å². The van der Waals surface area contributed by atoms with Gasteiger partial charge < -0.3 is 9.72 Å². The molecule has 9 heteroatoms. The molecule has 2 aromatic carbocycles. The third-order valence-corrected chi connectivity index (χ3v) is 5.74. The molecule has 1 saturated heterocycles. The summed E-state index contributed by atoms with van der Waals surface area (Å²) in [7, 11) is 0. The van der Waals surface area contributed by atoms with Crippen LogP contribution in [0.25, 0.3) is 28.2 Å². The Morgan fingerprint density at radius 1 is 0.969 bits per heavy atom. The number of halogens is 6. The van der Waals surface area contributed by atoms with E-state index < -0.39 is 29.0 Å². The number of hydrogen-bond acceptors (Lipinski definition) is 2. The number of H-pyrrole nitrogens is 1. The lowest BCUT2D eigenvalue weighted by Gasteiger charge is -2.30. The third-order valence-electron chi connectivity index (χ3n) is 5.74. The van der Waals surface area contributed by atoms with Gasteiger partial charge in [0, 0.05) is 18.8 Å². The van der Waals surface area contributed by atoms with Gasteiger partial charge in [-0.05, 0) is 54.2 Å². The van der Waals surface area contributed by atoms with E-state index in [0.29, 0.717) is 42.2 Å². The van der Waals surface area contributed by atoms with Crippen LogP contribution in [0.4, 0.5) is 26.3 Å². The third kappa shape index (κ3) is 4.53. The second-order valence-corrected chi connectivity index (χ2v) is 8.18. The molecular formula is C23H20F6N2O. The molecule has 2 heterocycles. The van der Waals surface area contributed by atoms with Crippen molar-refractivity contribution < 1.29 is 31.1 Å². The van der Waals surface area contributed by atoms with Crippen LogP contribution in [-0.4, -0.2) is 23.2 Å². The highest BCUT2D eigenvalue weighted by atomic mass is 19.4. The number of benzene rings is 2. The van der Waals surface area contributed by atoms with E-state index in [2.05, 4.69) is 16.9 Å². The summed E-state index contributed by atoms with van der Waals surface area (Å²) in [5.74, 6) is 0.477. The predicted molar refractivity (Wildman–Crippen MR) is 109 cm³/mol. The minimum absolute atomic E-state index is 0.0599. The Bertz CT molecular complexity index is 1120. The van der Waals surface area contributed by atoms with Gasteiger partial charge in [0.25, 0.3) is 0 Å². The number of alkyl halides is 6. The topological polar surface area (TPSA) is 37.9 Å². The summed E-state index contributed by atoms with van der Waals surface area (Å²) >= 11 is 0. The molecule has 0 spiro atoms. The second kappa shape index (κ2) is 7.95. The molecule has 0 bridgehead atoms. The van der Waals surface area contributed by atoms with Crippen molar-refractivity contribution in [2.45, 2.75) is 32.1 Å². The zero-order valence-electron chi connectivity index (χ0n) is 17.1. The second-order valence-electron chi connectivity index (χ2n) is 8.18. The monoisotopic (exact) mass is 454 g/mol. The maximum Gasteiger partial charge on any atom is 0.417 e. The Labute approximate surface area is 180 Å². The first-order valence-corrected chi connectivity index (χ1v) is 10.0. The minimum Gasteiger partial charge on any atom is -0.381 e. The molecule has 0 amide bonds. The van der Waals surface area contributed by atoms with Crippen molar-refractivity contribution in [1.29, 1.82) is 0 Å². The molecular weight excluding hydrogens is 434 g/mol. The molecule has 1 N–H and O–H groups in total. The summed E-state index contributed by atoms with van der Waals surface area (Å²) in [5.41, 5.74) is -3.01. The number of hydrogen-bond donors (Lipinski definition) is 1. The van der Waals surface area contributed by atoms with Gasteiger partial charge >= 0.3 is 12.4 Å². The standard InChI is InChI=1S/C23H20F6N2O/c1-21(9-11-32-12-10-21)8-7-19-30-17-6-5-14(13-18(17)31-19)20-15(22(24,25)26)3-2-4-16(20)23(27,28)29/h2-8,13H,9-12H2,1H3,(H,30,31). The van der Waals surface area contributed by atoms with E-state index in [1.165, 1.54) is 18.2 Å². The van der Waals surface area contributed by atoms with Crippen LogP contribution in [0.3, 0.4) is 0 Å². The first kappa shape index (κ1) is 22.4. The molecule has 1 fully saturated rings. The lowest BCUT2D eigenvalue weighted by molar-refractivity contribution is -0.142. The van der Waals surface area contributed by atoms with Crippen LogP contribution in [0.5, 0.6) is 0 Å². The van der Waals surface area contributed by atoms with Crippen LogP contribution < -0.4 is 0 Å². The molecule has 0 atom stereocenters. The fourth-order valence-corrected chi connectivity index (χ4v) is 3.88. The summed E-state index contributed by atoms with van der Waals surface area (Å²) in [6, 6.07) is 6.01. The fourth-order valence-electron chi connectivity index (χ4n) is 3.88. The van der Waals surface area contributed by atoms with E-state index in [1.54, 1.807) is 6.08 Å². The van der Waals surface area contributed by atoms with Gasteiger partial charge in [0.1, 0.15) is 5.82 Å². The van der Waals surface area contributed by atoms with E-state index >= 15 is 0 Å². The number of ether oxygens (including phenoxy) is 1. The number of nitrogens with one attached hydrogen (secondary N) is 1. The lowest BCUT2D eigenvalue weighted by Crippen LogP contribution is -2.24. The molecule has 0 radical (unpaired) electrons. The summed E-state index contributed by atoms with van der Waals surface area (Å²) in [4.78, 5) is 7.37. The molecule has 0 saturated carbocycles. The molecule has 3 aromatic rings. The normalized spacial score (nSPS) is 17.3.